The Kier molecular flexibility index (Phi) is 4.71. The quantitative estimate of drug-likeness (QED) is 0.907. The molecule has 0 radical (unpaired) electrons. The van der Waals surface area contributed by atoms with Crippen molar-refractivity contribution in [2.75, 3.05) is 13.1 Å². The number of halogens is 1. The number of piperidine rings is 1. The maximum atomic E-state index is 12.5. The number of nitrogens with zero attached hydrogens (tertiary/aromatic N) is 1. The van der Waals surface area contributed by atoms with E-state index in [0.717, 1.165) is 23.9 Å². The van der Waals surface area contributed by atoms with Gasteiger partial charge in [-0.05, 0) is 37.6 Å². The van der Waals surface area contributed by atoms with Gasteiger partial charge < -0.3 is 5.32 Å². The van der Waals surface area contributed by atoms with Crippen LogP contribution in [-0.4, -0.2) is 35.8 Å². The maximum absolute atomic E-state index is 12.5. The van der Waals surface area contributed by atoms with Crippen LogP contribution in [0, 0.1) is 0 Å². The van der Waals surface area contributed by atoms with Gasteiger partial charge in [-0.2, -0.15) is 0 Å². The van der Waals surface area contributed by atoms with Gasteiger partial charge in [0.25, 0.3) is 5.91 Å². The number of nitrogens with one attached hydrogen (secondary N) is 1. The monoisotopic (exact) mass is 324 g/mol. The summed E-state index contributed by atoms with van der Waals surface area (Å²) in [7, 11) is 0. The number of hydrogen-bond donors (Lipinski definition) is 1. The van der Waals surface area contributed by atoms with Crippen molar-refractivity contribution in [3.63, 3.8) is 0 Å². The second-order valence-corrected chi connectivity index (χ2v) is 5.62. The Morgan fingerprint density at radius 1 is 1.42 bits per heavy atom. The van der Waals surface area contributed by atoms with Crippen molar-refractivity contribution in [2.45, 2.75) is 25.8 Å². The molecule has 2 amide bonds. The van der Waals surface area contributed by atoms with E-state index in [1.54, 1.807) is 18.2 Å². The highest BCUT2D eigenvalue weighted by molar-refractivity contribution is 9.10. The molecule has 1 aliphatic heterocycles. The highest BCUT2D eigenvalue weighted by atomic mass is 79.9. The Bertz CT molecular complexity index is 484. The Hall–Kier alpha value is -1.20. The minimum atomic E-state index is -0.220. The number of amides is 2. The van der Waals surface area contributed by atoms with Crippen LogP contribution in [0.25, 0.3) is 0 Å². The Balaban J connectivity index is 2.23. The third-order valence-corrected chi connectivity index (χ3v) is 3.76. The molecule has 0 saturated carbocycles. The number of carbonyl (C=O) groups excluding carboxylic acids is 2. The maximum Gasteiger partial charge on any atom is 0.260 e. The van der Waals surface area contributed by atoms with Crippen LogP contribution in [0.1, 0.15) is 30.1 Å². The predicted molar refractivity (Wildman–Crippen MR) is 76.9 cm³/mol. The molecule has 4 nitrogen and oxygen atoms in total. The van der Waals surface area contributed by atoms with E-state index < -0.39 is 0 Å². The van der Waals surface area contributed by atoms with Gasteiger partial charge in [-0.3, -0.25) is 14.5 Å². The molecule has 1 fully saturated rings. The molecule has 19 heavy (non-hydrogen) atoms. The second kappa shape index (κ2) is 6.30. The number of rotatable bonds is 2. The van der Waals surface area contributed by atoms with Gasteiger partial charge in [0.05, 0.1) is 6.04 Å². The van der Waals surface area contributed by atoms with E-state index in [2.05, 4.69) is 21.2 Å². The zero-order valence-corrected chi connectivity index (χ0v) is 12.4. The standard InChI is InChI=1S/C14H17BrN2O2/c1-10(18)17(13-6-3-7-16-9-13)14(19)11-4-2-5-12(15)8-11/h2,4-5,8,13,16H,3,6-7,9H2,1H3. The zero-order chi connectivity index (χ0) is 13.8. The lowest BCUT2D eigenvalue weighted by Crippen LogP contribution is -2.50. The molecule has 1 unspecified atom stereocenters. The number of carbonyl (C=O) groups is 2. The summed E-state index contributed by atoms with van der Waals surface area (Å²) >= 11 is 3.34. The topological polar surface area (TPSA) is 49.4 Å². The van der Waals surface area contributed by atoms with Crippen LogP contribution in [-0.2, 0) is 4.79 Å². The van der Waals surface area contributed by atoms with Crippen molar-refractivity contribution in [1.82, 2.24) is 10.2 Å². The van der Waals surface area contributed by atoms with E-state index in [-0.39, 0.29) is 17.9 Å². The Morgan fingerprint density at radius 3 is 2.79 bits per heavy atom. The molecule has 102 valence electrons. The number of hydrogen-bond acceptors (Lipinski definition) is 3. The summed E-state index contributed by atoms with van der Waals surface area (Å²) in [5.74, 6) is -0.416. The van der Waals surface area contributed by atoms with Crippen molar-refractivity contribution < 1.29 is 9.59 Å². The third-order valence-electron chi connectivity index (χ3n) is 3.27. The first-order chi connectivity index (χ1) is 9.09. The molecule has 1 aromatic carbocycles. The van der Waals surface area contributed by atoms with Crippen molar-refractivity contribution in [3.05, 3.63) is 34.3 Å². The number of imide groups is 1. The summed E-state index contributed by atoms with van der Waals surface area (Å²) in [5.41, 5.74) is 0.537. The smallest absolute Gasteiger partial charge is 0.260 e. The molecule has 0 aliphatic carbocycles. The van der Waals surface area contributed by atoms with Gasteiger partial charge in [-0.15, -0.1) is 0 Å². The molecule has 1 atom stereocenters. The molecule has 1 saturated heterocycles. The lowest BCUT2D eigenvalue weighted by Gasteiger charge is -2.32. The molecule has 0 aromatic heterocycles. The van der Waals surface area contributed by atoms with E-state index in [1.807, 2.05) is 6.07 Å². The minimum Gasteiger partial charge on any atom is -0.315 e. The van der Waals surface area contributed by atoms with E-state index in [9.17, 15) is 9.59 Å². The van der Waals surface area contributed by atoms with Crippen LogP contribution in [0.15, 0.2) is 28.7 Å². The Morgan fingerprint density at radius 2 is 2.21 bits per heavy atom. The van der Waals surface area contributed by atoms with E-state index in [4.69, 9.17) is 0 Å². The van der Waals surface area contributed by atoms with Gasteiger partial charge in [-0.25, -0.2) is 0 Å². The number of benzene rings is 1. The Labute approximate surface area is 121 Å². The van der Waals surface area contributed by atoms with E-state index in [1.165, 1.54) is 11.8 Å². The van der Waals surface area contributed by atoms with Crippen LogP contribution in [0.4, 0.5) is 0 Å². The van der Waals surface area contributed by atoms with Gasteiger partial charge in [0.1, 0.15) is 0 Å². The molecule has 0 bridgehead atoms. The predicted octanol–water partition coefficient (Wildman–Crippen LogP) is 2.19. The fourth-order valence-corrected chi connectivity index (χ4v) is 2.78. The summed E-state index contributed by atoms with van der Waals surface area (Å²) in [4.78, 5) is 25.7. The summed E-state index contributed by atoms with van der Waals surface area (Å²) in [6.07, 6.45) is 1.85. The van der Waals surface area contributed by atoms with E-state index >= 15 is 0 Å². The molecule has 1 aromatic rings. The van der Waals surface area contributed by atoms with Crippen LogP contribution in [0.3, 0.4) is 0 Å². The first-order valence-electron chi connectivity index (χ1n) is 6.40. The fraction of sp³-hybridized carbons (Fsp3) is 0.429. The highest BCUT2D eigenvalue weighted by Gasteiger charge is 2.29. The summed E-state index contributed by atoms with van der Waals surface area (Å²) < 4.78 is 0.837. The molecule has 1 aliphatic rings. The fourth-order valence-electron chi connectivity index (χ4n) is 2.38. The van der Waals surface area contributed by atoms with Crippen molar-refractivity contribution >= 4 is 27.7 Å². The zero-order valence-electron chi connectivity index (χ0n) is 10.9. The first kappa shape index (κ1) is 14.2. The normalized spacial score (nSPS) is 18.9. The highest BCUT2D eigenvalue weighted by Crippen LogP contribution is 2.17. The molecular formula is C14H17BrN2O2. The molecule has 5 heteroatoms. The second-order valence-electron chi connectivity index (χ2n) is 4.70. The van der Waals surface area contributed by atoms with Crippen molar-refractivity contribution in [1.29, 1.82) is 0 Å². The molecule has 1 N–H and O–H groups in total. The van der Waals surface area contributed by atoms with E-state index in [0.29, 0.717) is 12.1 Å². The average molecular weight is 325 g/mol. The van der Waals surface area contributed by atoms with Crippen molar-refractivity contribution in [3.8, 4) is 0 Å². The lowest BCUT2D eigenvalue weighted by atomic mass is 10.0. The molecular weight excluding hydrogens is 308 g/mol. The first-order valence-corrected chi connectivity index (χ1v) is 7.19. The van der Waals surface area contributed by atoms with Crippen LogP contribution >= 0.6 is 15.9 Å². The van der Waals surface area contributed by atoms with Crippen molar-refractivity contribution in [2.24, 2.45) is 0 Å². The SMILES string of the molecule is CC(=O)N(C(=O)c1cccc(Br)c1)C1CCCNC1. The van der Waals surface area contributed by atoms with Crippen LogP contribution in [0.5, 0.6) is 0 Å². The van der Waals surface area contributed by atoms with Crippen LogP contribution < -0.4 is 5.32 Å². The van der Waals surface area contributed by atoms with Gasteiger partial charge in [-0.1, -0.05) is 22.0 Å². The summed E-state index contributed by atoms with van der Waals surface area (Å²) in [6.45, 7) is 3.08. The lowest BCUT2D eigenvalue weighted by molar-refractivity contribution is -0.128. The summed E-state index contributed by atoms with van der Waals surface area (Å²) in [6, 6.07) is 7.09. The van der Waals surface area contributed by atoms with Gasteiger partial charge >= 0.3 is 0 Å². The van der Waals surface area contributed by atoms with Crippen LogP contribution in [0.2, 0.25) is 0 Å². The molecule has 0 spiro atoms. The largest absolute Gasteiger partial charge is 0.315 e. The van der Waals surface area contributed by atoms with Gasteiger partial charge in [0, 0.05) is 23.5 Å². The molecule has 2 rings (SSSR count). The third kappa shape index (κ3) is 3.42. The summed E-state index contributed by atoms with van der Waals surface area (Å²) in [5, 5.41) is 3.23. The average Bonchev–Trinajstić information content (AvgIpc) is 2.39. The van der Waals surface area contributed by atoms with Gasteiger partial charge in [0.2, 0.25) is 5.91 Å². The minimum absolute atomic E-state index is 0.0438. The molecule has 1 heterocycles. The van der Waals surface area contributed by atoms with Gasteiger partial charge in [0.15, 0.2) is 0 Å².